The Morgan fingerprint density at radius 2 is 1.71 bits per heavy atom. The lowest BCUT2D eigenvalue weighted by atomic mass is 10.2. The van der Waals surface area contributed by atoms with E-state index in [2.05, 4.69) is 10.1 Å². The Kier molecular flexibility index (Phi) is 6.93. The molecule has 0 aliphatic rings. The number of carbonyl (C=O) groups is 2. The number of ether oxygens (including phenoxy) is 2. The Morgan fingerprint density at radius 1 is 1.03 bits per heavy atom. The van der Waals surface area contributed by atoms with Gasteiger partial charge in [0.2, 0.25) is 0 Å². The van der Waals surface area contributed by atoms with Crippen LogP contribution in [0.3, 0.4) is 0 Å². The first kappa shape index (κ1) is 22.3. The minimum Gasteiger partial charge on any atom is -0.484 e. The van der Waals surface area contributed by atoms with Crippen molar-refractivity contribution in [1.82, 2.24) is 0 Å². The van der Waals surface area contributed by atoms with E-state index in [-0.39, 0.29) is 16.7 Å². The second-order valence-corrected chi connectivity index (χ2v) is 9.45. The van der Waals surface area contributed by atoms with Gasteiger partial charge in [-0.2, -0.15) is 0 Å². The smallest absolute Gasteiger partial charge is 0.337 e. The van der Waals surface area contributed by atoms with Gasteiger partial charge in [-0.1, -0.05) is 6.07 Å². The summed E-state index contributed by atoms with van der Waals surface area (Å²) in [7, 11) is -0.844. The van der Waals surface area contributed by atoms with Crippen LogP contribution in [-0.2, 0) is 19.6 Å². The van der Waals surface area contributed by atoms with Crippen LogP contribution in [0.25, 0.3) is 0 Å². The minimum absolute atomic E-state index is 0.235. The second-order valence-electron chi connectivity index (χ2n) is 6.30. The lowest BCUT2D eigenvalue weighted by Gasteiger charge is -2.18. The predicted octanol–water partition coefficient (Wildman–Crippen LogP) is 3.38. The number of nitrogens with zero attached hydrogens (tertiary/aromatic N) is 1. The molecule has 2 aromatic carbocycles. The van der Waals surface area contributed by atoms with Crippen molar-refractivity contribution in [2.75, 3.05) is 30.4 Å². The maximum Gasteiger partial charge on any atom is 0.337 e. The fraction of sp³-hybridized carbons (Fsp3) is 0.143. The van der Waals surface area contributed by atoms with Crippen molar-refractivity contribution >= 4 is 44.6 Å². The molecule has 3 aromatic rings. The molecule has 0 fully saturated rings. The Morgan fingerprint density at radius 3 is 2.29 bits per heavy atom. The van der Waals surface area contributed by atoms with Crippen LogP contribution in [0.2, 0.25) is 0 Å². The van der Waals surface area contributed by atoms with Gasteiger partial charge in [0.1, 0.15) is 9.96 Å². The van der Waals surface area contributed by atoms with E-state index >= 15 is 0 Å². The summed E-state index contributed by atoms with van der Waals surface area (Å²) in [6, 6.07) is 15.9. The molecule has 1 N–H and O–H groups in total. The van der Waals surface area contributed by atoms with Crippen LogP contribution in [0.15, 0.2) is 70.3 Å². The summed E-state index contributed by atoms with van der Waals surface area (Å²) in [5, 5.41) is 4.36. The van der Waals surface area contributed by atoms with Crippen LogP contribution in [-0.4, -0.2) is 41.1 Å². The van der Waals surface area contributed by atoms with Crippen LogP contribution in [0, 0.1) is 0 Å². The topological polar surface area (TPSA) is 102 Å². The highest BCUT2D eigenvalue weighted by atomic mass is 32.2. The van der Waals surface area contributed by atoms with Crippen LogP contribution in [0.5, 0.6) is 5.75 Å². The van der Waals surface area contributed by atoms with E-state index in [1.54, 1.807) is 66.0 Å². The van der Waals surface area contributed by atoms with Crippen molar-refractivity contribution in [3.63, 3.8) is 0 Å². The Bertz CT molecular complexity index is 1140. The van der Waals surface area contributed by atoms with Crippen LogP contribution in [0.1, 0.15) is 10.4 Å². The fourth-order valence-electron chi connectivity index (χ4n) is 2.59. The first-order valence-electron chi connectivity index (χ1n) is 9.05. The zero-order chi connectivity index (χ0) is 22.4. The van der Waals surface area contributed by atoms with Crippen molar-refractivity contribution in [1.29, 1.82) is 0 Å². The first-order chi connectivity index (χ1) is 14.8. The molecule has 10 heteroatoms. The van der Waals surface area contributed by atoms with Crippen LogP contribution in [0.4, 0.5) is 11.4 Å². The van der Waals surface area contributed by atoms with Gasteiger partial charge in [-0.25, -0.2) is 13.2 Å². The van der Waals surface area contributed by atoms with Gasteiger partial charge in [-0.05, 0) is 60.0 Å². The fourth-order valence-corrected chi connectivity index (χ4v) is 4.95. The predicted molar refractivity (Wildman–Crippen MR) is 118 cm³/mol. The highest BCUT2D eigenvalue weighted by Gasteiger charge is 2.22. The van der Waals surface area contributed by atoms with E-state index in [4.69, 9.17) is 4.74 Å². The standard InChI is InChI=1S/C21H20N2O6S2/c1-23(31(26,27)20-4-3-13-30-20)17-9-11-18(12-10-17)29-14-19(24)22-16-7-5-15(6-8-16)21(25)28-2/h3-13H,14H2,1-2H3,(H,22,24). The molecule has 0 aliphatic carbocycles. The van der Waals surface area contributed by atoms with Gasteiger partial charge in [0, 0.05) is 12.7 Å². The van der Waals surface area contributed by atoms with Gasteiger partial charge in [0.25, 0.3) is 15.9 Å². The molecule has 8 nitrogen and oxygen atoms in total. The first-order valence-corrected chi connectivity index (χ1v) is 11.4. The number of methoxy groups -OCH3 is 1. The highest BCUT2D eigenvalue weighted by molar-refractivity contribution is 7.94. The largest absolute Gasteiger partial charge is 0.484 e. The van der Waals surface area contributed by atoms with Crippen molar-refractivity contribution in [2.45, 2.75) is 4.21 Å². The molecule has 0 radical (unpaired) electrons. The van der Waals surface area contributed by atoms with E-state index in [1.807, 2.05) is 0 Å². The molecule has 1 amide bonds. The summed E-state index contributed by atoms with van der Waals surface area (Å²) in [4.78, 5) is 23.5. The number of esters is 1. The van der Waals surface area contributed by atoms with Crippen molar-refractivity contribution in [2.24, 2.45) is 0 Å². The lowest BCUT2D eigenvalue weighted by molar-refractivity contribution is -0.118. The summed E-state index contributed by atoms with van der Waals surface area (Å²) in [6.45, 7) is -0.235. The molecule has 0 bridgehead atoms. The van der Waals surface area contributed by atoms with Gasteiger partial charge in [0.15, 0.2) is 6.61 Å². The number of sulfonamides is 1. The average Bonchev–Trinajstić information content (AvgIpc) is 3.33. The van der Waals surface area contributed by atoms with Gasteiger partial charge >= 0.3 is 5.97 Å². The quantitative estimate of drug-likeness (QED) is 0.517. The summed E-state index contributed by atoms with van der Waals surface area (Å²) >= 11 is 1.15. The number of thiophene rings is 1. The minimum atomic E-state index is -3.61. The van der Waals surface area contributed by atoms with Gasteiger partial charge in [-0.3, -0.25) is 9.10 Å². The summed E-state index contributed by atoms with van der Waals surface area (Å²) in [5.74, 6) is -0.423. The zero-order valence-electron chi connectivity index (χ0n) is 16.8. The summed E-state index contributed by atoms with van der Waals surface area (Å²) in [6.07, 6.45) is 0. The third-order valence-electron chi connectivity index (χ3n) is 4.27. The molecule has 31 heavy (non-hydrogen) atoms. The maximum absolute atomic E-state index is 12.6. The van der Waals surface area contributed by atoms with E-state index < -0.39 is 16.0 Å². The van der Waals surface area contributed by atoms with E-state index in [1.165, 1.54) is 18.5 Å². The zero-order valence-corrected chi connectivity index (χ0v) is 18.4. The molecule has 162 valence electrons. The number of nitrogens with one attached hydrogen (secondary N) is 1. The molecule has 3 rings (SSSR count). The van der Waals surface area contributed by atoms with Gasteiger partial charge in [-0.15, -0.1) is 11.3 Å². The average molecular weight is 461 g/mol. The number of rotatable bonds is 8. The van der Waals surface area contributed by atoms with E-state index in [9.17, 15) is 18.0 Å². The molecular weight excluding hydrogens is 440 g/mol. The number of hydrogen-bond acceptors (Lipinski definition) is 7. The third kappa shape index (κ3) is 5.41. The monoisotopic (exact) mass is 460 g/mol. The Balaban J connectivity index is 1.55. The van der Waals surface area contributed by atoms with Crippen molar-refractivity contribution in [3.8, 4) is 5.75 Å². The van der Waals surface area contributed by atoms with Gasteiger partial charge in [0.05, 0.1) is 18.4 Å². The van der Waals surface area contributed by atoms with E-state index in [0.29, 0.717) is 22.7 Å². The normalized spacial score (nSPS) is 10.9. The molecule has 1 heterocycles. The van der Waals surface area contributed by atoms with Gasteiger partial charge < -0.3 is 14.8 Å². The van der Waals surface area contributed by atoms with Crippen molar-refractivity contribution in [3.05, 3.63) is 71.6 Å². The lowest BCUT2D eigenvalue weighted by Crippen LogP contribution is -2.25. The second kappa shape index (κ2) is 9.63. The van der Waals surface area contributed by atoms with Crippen LogP contribution < -0.4 is 14.4 Å². The molecule has 0 aliphatic heterocycles. The number of benzene rings is 2. The van der Waals surface area contributed by atoms with Crippen molar-refractivity contribution < 1.29 is 27.5 Å². The SMILES string of the molecule is COC(=O)c1ccc(NC(=O)COc2ccc(N(C)S(=O)(=O)c3cccs3)cc2)cc1. The Labute approximate surface area is 184 Å². The molecule has 0 saturated heterocycles. The third-order valence-corrected chi connectivity index (χ3v) is 7.43. The molecule has 0 atom stereocenters. The molecular formula is C21H20N2O6S2. The molecule has 0 unspecified atom stereocenters. The number of hydrogen-bond donors (Lipinski definition) is 1. The molecule has 1 aromatic heterocycles. The Hall–Kier alpha value is -3.37. The highest BCUT2D eigenvalue weighted by Crippen LogP contribution is 2.26. The molecule has 0 saturated carbocycles. The van der Waals surface area contributed by atoms with Crippen LogP contribution >= 0.6 is 11.3 Å². The number of anilines is 2. The summed E-state index contributed by atoms with van der Waals surface area (Å²) < 4.78 is 36.7. The number of carbonyl (C=O) groups excluding carboxylic acids is 2. The summed E-state index contributed by atoms with van der Waals surface area (Å²) in [5.41, 5.74) is 1.36. The van der Waals surface area contributed by atoms with E-state index in [0.717, 1.165) is 11.3 Å². The molecule has 0 spiro atoms. The maximum atomic E-state index is 12.6. The number of amides is 1.